The lowest BCUT2D eigenvalue weighted by Crippen LogP contribution is -2.41. The number of nitrogens with one attached hydrogen (secondary N) is 1. The number of rotatable bonds is 6. The van der Waals surface area contributed by atoms with Crippen molar-refractivity contribution in [2.45, 2.75) is 51.7 Å². The molecule has 3 aromatic rings. The van der Waals surface area contributed by atoms with Gasteiger partial charge in [-0.15, -0.1) is 0 Å². The second-order valence-electron chi connectivity index (χ2n) is 10.7. The predicted octanol–water partition coefficient (Wildman–Crippen LogP) is 5.94. The van der Waals surface area contributed by atoms with Gasteiger partial charge >= 0.3 is 13.2 Å². The highest BCUT2D eigenvalue weighted by molar-refractivity contribution is 6.56. The van der Waals surface area contributed by atoms with Crippen LogP contribution >= 0.6 is 0 Å². The van der Waals surface area contributed by atoms with Crippen LogP contribution in [0, 0.1) is 6.92 Å². The van der Waals surface area contributed by atoms with Crippen molar-refractivity contribution in [3.05, 3.63) is 94.7 Å². The van der Waals surface area contributed by atoms with Gasteiger partial charge in [0.2, 0.25) is 0 Å². The molecule has 0 bridgehead atoms. The number of aryl methyl sites for hydroxylation is 1. The first-order valence-corrected chi connectivity index (χ1v) is 12.7. The monoisotopic (exact) mass is 496 g/mol. The third-order valence-electron chi connectivity index (χ3n) is 7.61. The summed E-state index contributed by atoms with van der Waals surface area (Å²) >= 11 is 0. The number of carbonyl (C=O) groups excluding carboxylic acids is 1. The van der Waals surface area contributed by atoms with E-state index in [2.05, 4.69) is 34.6 Å². The minimum Gasteiger partial charge on any atom is -0.449 e. The molecule has 2 aliphatic rings. The van der Waals surface area contributed by atoms with Gasteiger partial charge in [-0.3, -0.25) is 4.98 Å². The van der Waals surface area contributed by atoms with Crippen molar-refractivity contribution >= 4 is 19.3 Å². The number of aromatic nitrogens is 1. The van der Waals surface area contributed by atoms with Crippen LogP contribution in [0.5, 0.6) is 0 Å². The molecule has 0 atom stereocenters. The summed E-state index contributed by atoms with van der Waals surface area (Å²) in [5.74, 6) is 0.0102. The molecule has 0 unspecified atom stereocenters. The van der Waals surface area contributed by atoms with E-state index < -0.39 is 24.4 Å². The van der Waals surface area contributed by atoms with Gasteiger partial charge in [0.15, 0.2) is 0 Å². The van der Waals surface area contributed by atoms with Crippen LogP contribution in [-0.4, -0.2) is 42.5 Å². The van der Waals surface area contributed by atoms with Gasteiger partial charge in [-0.1, -0.05) is 54.6 Å². The molecule has 1 aromatic heterocycles. The molecule has 1 fully saturated rings. The Balaban J connectivity index is 1.29. The van der Waals surface area contributed by atoms with Crippen LogP contribution < -0.4 is 5.32 Å². The molecule has 37 heavy (non-hydrogen) atoms. The molecule has 2 heterocycles. The zero-order valence-electron chi connectivity index (χ0n) is 22.1. The fourth-order valence-electron chi connectivity index (χ4n) is 4.89. The van der Waals surface area contributed by atoms with Crippen LogP contribution in [0.2, 0.25) is 0 Å². The first-order chi connectivity index (χ1) is 17.6. The Kier molecular flexibility index (Phi) is 6.69. The highest BCUT2D eigenvalue weighted by atomic mass is 16.7. The summed E-state index contributed by atoms with van der Waals surface area (Å²) in [4.78, 5) is 17.1. The highest BCUT2D eigenvalue weighted by Crippen LogP contribution is 2.44. The van der Waals surface area contributed by atoms with E-state index >= 15 is 0 Å². The van der Waals surface area contributed by atoms with E-state index in [0.29, 0.717) is 0 Å². The summed E-state index contributed by atoms with van der Waals surface area (Å²) in [6.07, 6.45) is 3.28. The van der Waals surface area contributed by atoms with Crippen molar-refractivity contribution in [2.75, 3.05) is 13.2 Å². The first kappa shape index (κ1) is 25.2. The zero-order valence-corrected chi connectivity index (χ0v) is 22.1. The fourth-order valence-corrected chi connectivity index (χ4v) is 4.89. The lowest BCUT2D eigenvalue weighted by atomic mass is 9.77. The van der Waals surface area contributed by atoms with Gasteiger partial charge in [-0.05, 0) is 80.0 Å². The average Bonchev–Trinajstić information content (AvgIpc) is 3.29. The number of pyridine rings is 1. The number of fused-ring (bicyclic) bond motifs is 3. The van der Waals surface area contributed by atoms with E-state index in [1.807, 2.05) is 77.1 Å². The van der Waals surface area contributed by atoms with Gasteiger partial charge in [-0.2, -0.15) is 0 Å². The molecule has 7 heteroatoms. The molecule has 1 aliphatic heterocycles. The van der Waals surface area contributed by atoms with Crippen LogP contribution in [-0.2, 0) is 14.0 Å². The smallest absolute Gasteiger partial charge is 0.449 e. The lowest BCUT2D eigenvalue weighted by molar-refractivity contribution is 0.00578. The van der Waals surface area contributed by atoms with Gasteiger partial charge < -0.3 is 19.4 Å². The Morgan fingerprint density at radius 2 is 1.59 bits per heavy atom. The van der Waals surface area contributed by atoms with Crippen LogP contribution in [0.4, 0.5) is 4.79 Å². The van der Waals surface area contributed by atoms with Crippen LogP contribution in [0.15, 0.2) is 72.3 Å². The van der Waals surface area contributed by atoms with Gasteiger partial charge in [0.1, 0.15) is 6.61 Å². The normalized spacial score (nSPS) is 17.9. The summed E-state index contributed by atoms with van der Waals surface area (Å²) in [5, 5.41) is 2.92. The number of hydrogen-bond donors (Lipinski definition) is 1. The van der Waals surface area contributed by atoms with Crippen LogP contribution in [0.25, 0.3) is 17.2 Å². The molecule has 6 nitrogen and oxygen atoms in total. The van der Waals surface area contributed by atoms with Crippen molar-refractivity contribution in [1.29, 1.82) is 0 Å². The van der Waals surface area contributed by atoms with Gasteiger partial charge in [0.25, 0.3) is 0 Å². The standard InChI is InChI=1S/C30H33BN2O4/c1-20-16-21(14-15-32-20)17-22(31-36-29(2,3)30(4,5)37-31)18-33-28(34)35-19-27-25-12-8-6-10-23(25)24-11-7-9-13-26(24)27/h6-17,27H,18-19H2,1-5H3,(H,33,34). The molecular weight excluding hydrogens is 463 g/mol. The van der Waals surface area contributed by atoms with E-state index in [9.17, 15) is 4.79 Å². The molecule has 1 N–H and O–H groups in total. The van der Waals surface area contributed by atoms with Crippen LogP contribution in [0.1, 0.15) is 56.0 Å². The molecule has 5 rings (SSSR count). The molecular formula is C30H33BN2O4. The van der Waals surface area contributed by atoms with E-state index in [4.69, 9.17) is 14.0 Å². The Hall–Kier alpha value is -3.42. The third-order valence-corrected chi connectivity index (χ3v) is 7.61. The van der Waals surface area contributed by atoms with E-state index in [1.165, 1.54) is 22.3 Å². The Morgan fingerprint density at radius 1 is 1.00 bits per heavy atom. The highest BCUT2D eigenvalue weighted by Gasteiger charge is 2.52. The van der Waals surface area contributed by atoms with Crippen molar-refractivity contribution in [3.8, 4) is 11.1 Å². The van der Waals surface area contributed by atoms with Crippen molar-refractivity contribution in [3.63, 3.8) is 0 Å². The maximum atomic E-state index is 12.9. The molecule has 1 aliphatic carbocycles. The molecule has 1 amide bonds. The summed E-state index contributed by atoms with van der Waals surface area (Å²) in [6.45, 7) is 10.5. The Labute approximate surface area is 219 Å². The van der Waals surface area contributed by atoms with Crippen molar-refractivity contribution < 1.29 is 18.8 Å². The topological polar surface area (TPSA) is 69.7 Å². The van der Waals surface area contributed by atoms with Gasteiger partial charge in [-0.25, -0.2) is 4.79 Å². The lowest BCUT2D eigenvalue weighted by Gasteiger charge is -2.32. The summed E-state index contributed by atoms with van der Waals surface area (Å²) < 4.78 is 18.3. The number of nitrogens with zero attached hydrogens (tertiary/aromatic N) is 1. The Bertz CT molecular complexity index is 1290. The first-order valence-electron chi connectivity index (χ1n) is 12.7. The second-order valence-corrected chi connectivity index (χ2v) is 10.7. The molecule has 2 aromatic carbocycles. The Morgan fingerprint density at radius 3 is 2.19 bits per heavy atom. The average molecular weight is 496 g/mol. The van der Waals surface area contributed by atoms with Gasteiger partial charge in [0, 0.05) is 24.4 Å². The SMILES string of the molecule is Cc1cc(C=C(CNC(=O)OCC2c3ccccc3-c3ccccc32)B2OC(C)(C)C(C)(C)O2)ccn1. The van der Waals surface area contributed by atoms with Crippen LogP contribution in [0.3, 0.4) is 0 Å². The number of carbonyl (C=O) groups is 1. The molecule has 0 radical (unpaired) electrons. The zero-order chi connectivity index (χ0) is 26.2. The van der Waals surface area contributed by atoms with E-state index in [1.54, 1.807) is 6.20 Å². The quantitative estimate of drug-likeness (QED) is 0.428. The maximum absolute atomic E-state index is 12.9. The number of alkyl carbamates (subject to hydrolysis) is 1. The number of hydrogen-bond acceptors (Lipinski definition) is 5. The summed E-state index contributed by atoms with van der Waals surface area (Å²) in [7, 11) is -0.590. The summed E-state index contributed by atoms with van der Waals surface area (Å²) in [6, 6.07) is 20.5. The van der Waals surface area contributed by atoms with Gasteiger partial charge in [0.05, 0.1) is 11.2 Å². The summed E-state index contributed by atoms with van der Waals surface area (Å²) in [5.41, 5.74) is 6.46. The minimum absolute atomic E-state index is 0.0102. The fraction of sp³-hybridized carbons (Fsp3) is 0.333. The largest absolute Gasteiger partial charge is 0.492 e. The third kappa shape index (κ3) is 5.06. The maximum Gasteiger partial charge on any atom is 0.492 e. The second kappa shape index (κ2) is 9.80. The predicted molar refractivity (Wildman–Crippen MR) is 146 cm³/mol. The van der Waals surface area contributed by atoms with E-state index in [0.717, 1.165) is 16.7 Å². The van der Waals surface area contributed by atoms with Crippen molar-refractivity contribution in [1.82, 2.24) is 10.3 Å². The van der Waals surface area contributed by atoms with Crippen molar-refractivity contribution in [2.24, 2.45) is 0 Å². The number of benzene rings is 2. The molecule has 1 saturated heterocycles. The molecule has 190 valence electrons. The minimum atomic E-state index is -0.590. The van der Waals surface area contributed by atoms with E-state index in [-0.39, 0.29) is 19.1 Å². The number of amides is 1. The molecule has 0 spiro atoms. The molecule has 0 saturated carbocycles. The number of ether oxygens (including phenoxy) is 1.